The quantitative estimate of drug-likeness (QED) is 0.351. The summed E-state index contributed by atoms with van der Waals surface area (Å²) in [4.78, 5) is 46.8. The summed E-state index contributed by atoms with van der Waals surface area (Å²) in [5.41, 5.74) is 8.33. The summed E-state index contributed by atoms with van der Waals surface area (Å²) in [6.07, 6.45) is -3.52. The first kappa shape index (κ1) is 25.5. The molecule has 3 heterocycles. The summed E-state index contributed by atoms with van der Waals surface area (Å²) in [7, 11) is 0. The number of rotatable bonds is 6. The number of aryl methyl sites for hydroxylation is 2. The van der Waals surface area contributed by atoms with Crippen LogP contribution in [0.3, 0.4) is 0 Å². The van der Waals surface area contributed by atoms with E-state index in [-0.39, 0.29) is 22.7 Å². The number of thiazole rings is 1. The molecule has 0 unspecified atom stereocenters. The van der Waals surface area contributed by atoms with Gasteiger partial charge < -0.3 is 25.1 Å². The molecule has 0 amide bonds. The topological polar surface area (TPSA) is 156 Å². The summed E-state index contributed by atoms with van der Waals surface area (Å²) >= 11 is 0.851. The van der Waals surface area contributed by atoms with E-state index >= 15 is 0 Å². The SMILES string of the molecule is Cc1ccc(C(=O)O[C@@H]2[C@H](OC(=O)c3ccc(C)cc3)[C@@H](CO)O[C@H]2n2c(=O)sc3cnc(N)nc32)cc1. The Morgan fingerprint density at radius 2 is 1.55 bits per heavy atom. The number of anilines is 1. The third-order valence-electron chi connectivity index (χ3n) is 6.16. The number of nitrogens with two attached hydrogens (primary N) is 1. The Hall–Kier alpha value is -4.13. The lowest BCUT2D eigenvalue weighted by Crippen LogP contribution is -2.41. The normalized spacial score (nSPS) is 20.9. The van der Waals surface area contributed by atoms with Crippen LogP contribution in [0.2, 0.25) is 0 Å². The van der Waals surface area contributed by atoms with Gasteiger partial charge in [-0.1, -0.05) is 46.7 Å². The van der Waals surface area contributed by atoms with Crippen molar-refractivity contribution in [2.24, 2.45) is 0 Å². The zero-order valence-corrected chi connectivity index (χ0v) is 21.3. The lowest BCUT2D eigenvalue weighted by Gasteiger charge is -2.24. The summed E-state index contributed by atoms with van der Waals surface area (Å²) in [6.45, 7) is 3.19. The minimum absolute atomic E-state index is 0.0729. The third kappa shape index (κ3) is 4.88. The van der Waals surface area contributed by atoms with Crippen molar-refractivity contribution in [1.82, 2.24) is 14.5 Å². The maximum absolute atomic E-state index is 13.2. The molecule has 1 saturated heterocycles. The highest BCUT2D eigenvalue weighted by atomic mass is 32.1. The second-order valence-electron chi connectivity index (χ2n) is 8.87. The van der Waals surface area contributed by atoms with Gasteiger partial charge in [-0.25, -0.2) is 14.6 Å². The van der Waals surface area contributed by atoms with Crippen LogP contribution >= 0.6 is 11.3 Å². The smallest absolute Gasteiger partial charge is 0.338 e. The minimum Gasteiger partial charge on any atom is -0.452 e. The van der Waals surface area contributed by atoms with Crippen LogP contribution < -0.4 is 10.6 Å². The fourth-order valence-electron chi connectivity index (χ4n) is 4.17. The number of carbonyl (C=O) groups is 2. The van der Waals surface area contributed by atoms with Crippen LogP contribution in [0.5, 0.6) is 0 Å². The van der Waals surface area contributed by atoms with Crippen LogP contribution in [0, 0.1) is 13.8 Å². The van der Waals surface area contributed by atoms with E-state index in [0.717, 1.165) is 22.5 Å². The Morgan fingerprint density at radius 1 is 1.00 bits per heavy atom. The van der Waals surface area contributed by atoms with Crippen LogP contribution in [0.25, 0.3) is 10.3 Å². The van der Waals surface area contributed by atoms with Crippen molar-refractivity contribution >= 4 is 39.6 Å². The number of aliphatic hydroxyl groups excluding tert-OH is 1. The first-order valence-electron chi connectivity index (χ1n) is 11.7. The number of carbonyl (C=O) groups excluding carboxylic acids is 2. The van der Waals surface area contributed by atoms with Crippen molar-refractivity contribution in [3.8, 4) is 0 Å². The molecule has 196 valence electrons. The predicted octanol–water partition coefficient (Wildman–Crippen LogP) is 2.39. The maximum atomic E-state index is 13.2. The summed E-state index contributed by atoms with van der Waals surface area (Å²) < 4.78 is 19.2. The molecule has 38 heavy (non-hydrogen) atoms. The van der Waals surface area contributed by atoms with Crippen molar-refractivity contribution in [3.05, 3.63) is 86.6 Å². The van der Waals surface area contributed by atoms with Gasteiger partial charge in [-0.05, 0) is 38.1 Å². The van der Waals surface area contributed by atoms with Crippen molar-refractivity contribution in [2.75, 3.05) is 12.3 Å². The number of hydrogen-bond donors (Lipinski definition) is 2. The highest BCUT2D eigenvalue weighted by molar-refractivity contribution is 7.16. The highest BCUT2D eigenvalue weighted by Gasteiger charge is 2.51. The summed E-state index contributed by atoms with van der Waals surface area (Å²) in [5, 5.41) is 10.1. The average molecular weight is 537 g/mol. The van der Waals surface area contributed by atoms with Gasteiger partial charge in [-0.2, -0.15) is 4.98 Å². The first-order valence-corrected chi connectivity index (χ1v) is 12.5. The summed E-state index contributed by atoms with van der Waals surface area (Å²) in [6, 6.07) is 13.4. The Balaban J connectivity index is 1.55. The zero-order valence-electron chi connectivity index (χ0n) is 20.4. The molecule has 0 bridgehead atoms. The van der Waals surface area contributed by atoms with E-state index in [4.69, 9.17) is 19.9 Å². The molecular formula is C26H24N4O7S. The van der Waals surface area contributed by atoms with Gasteiger partial charge >= 0.3 is 16.8 Å². The maximum Gasteiger partial charge on any atom is 0.338 e. The van der Waals surface area contributed by atoms with Crippen LogP contribution in [0.4, 0.5) is 5.95 Å². The number of fused-ring (bicyclic) bond motifs is 1. The van der Waals surface area contributed by atoms with Gasteiger partial charge in [-0.15, -0.1) is 0 Å². The van der Waals surface area contributed by atoms with E-state index in [1.165, 1.54) is 10.8 Å². The molecule has 3 N–H and O–H groups in total. The van der Waals surface area contributed by atoms with E-state index in [2.05, 4.69) is 9.97 Å². The molecule has 1 fully saturated rings. The lowest BCUT2D eigenvalue weighted by atomic mass is 10.1. The van der Waals surface area contributed by atoms with Crippen molar-refractivity contribution in [3.63, 3.8) is 0 Å². The molecule has 0 radical (unpaired) electrons. The van der Waals surface area contributed by atoms with Crippen LogP contribution in [-0.4, -0.2) is 56.5 Å². The molecule has 4 aromatic rings. The molecule has 11 nitrogen and oxygen atoms in total. The second kappa shape index (κ2) is 10.3. The third-order valence-corrected chi connectivity index (χ3v) is 7.04. The summed E-state index contributed by atoms with van der Waals surface area (Å²) in [5.74, 6) is -1.50. The standard InChI is InChI=1S/C26H24N4O7S/c1-13-3-7-15(8-4-13)23(32)36-19-17(12-31)35-22(20(19)37-24(33)16-9-5-14(2)6-10-16)30-21-18(38-26(30)34)11-28-25(27)29-21/h3-11,17,19-20,22,31H,12H2,1-2H3,(H2,27,28,29)/t17-,19-,20-,22-/m1/s1. The number of nitrogen functional groups attached to an aromatic ring is 1. The van der Waals surface area contributed by atoms with Gasteiger partial charge in [0.2, 0.25) is 5.95 Å². The fourth-order valence-corrected chi connectivity index (χ4v) is 4.98. The molecule has 0 saturated carbocycles. The van der Waals surface area contributed by atoms with E-state index < -0.39 is 48.0 Å². The molecule has 0 spiro atoms. The van der Waals surface area contributed by atoms with Crippen molar-refractivity contribution in [2.45, 2.75) is 38.4 Å². The first-order chi connectivity index (χ1) is 18.2. The second-order valence-corrected chi connectivity index (χ2v) is 9.87. The molecule has 2 aromatic carbocycles. The van der Waals surface area contributed by atoms with Gasteiger partial charge in [0, 0.05) is 0 Å². The molecule has 5 rings (SSSR count). The molecule has 1 aliphatic rings. The van der Waals surface area contributed by atoms with Gasteiger partial charge in [0.25, 0.3) is 0 Å². The number of aliphatic hydroxyl groups is 1. The van der Waals surface area contributed by atoms with Crippen molar-refractivity contribution < 1.29 is 28.9 Å². The predicted molar refractivity (Wildman–Crippen MR) is 138 cm³/mol. The molecular weight excluding hydrogens is 512 g/mol. The van der Waals surface area contributed by atoms with Gasteiger partial charge in [0.05, 0.1) is 28.6 Å². The fraction of sp³-hybridized carbons (Fsp3) is 0.269. The Kier molecular flexibility index (Phi) is 6.93. The highest BCUT2D eigenvalue weighted by Crippen LogP contribution is 2.36. The van der Waals surface area contributed by atoms with Crippen LogP contribution in [0.1, 0.15) is 38.1 Å². The van der Waals surface area contributed by atoms with Crippen LogP contribution in [-0.2, 0) is 14.2 Å². The van der Waals surface area contributed by atoms with E-state index in [9.17, 15) is 19.5 Å². The van der Waals surface area contributed by atoms with Crippen molar-refractivity contribution in [1.29, 1.82) is 0 Å². The van der Waals surface area contributed by atoms with Gasteiger partial charge in [0.15, 0.2) is 24.1 Å². The number of hydrogen-bond acceptors (Lipinski definition) is 11. The number of esters is 2. The Labute approximate surface area is 220 Å². The van der Waals surface area contributed by atoms with E-state index in [1.54, 1.807) is 48.5 Å². The minimum atomic E-state index is -1.30. The van der Waals surface area contributed by atoms with Gasteiger partial charge in [0.1, 0.15) is 6.10 Å². The van der Waals surface area contributed by atoms with Gasteiger partial charge in [-0.3, -0.25) is 9.36 Å². The van der Waals surface area contributed by atoms with E-state index in [0.29, 0.717) is 4.70 Å². The monoisotopic (exact) mass is 536 g/mol. The van der Waals surface area contributed by atoms with Crippen LogP contribution in [0.15, 0.2) is 59.5 Å². The number of benzene rings is 2. The molecule has 1 aliphatic heterocycles. The largest absolute Gasteiger partial charge is 0.452 e. The molecule has 4 atom stereocenters. The Morgan fingerprint density at radius 3 is 2.11 bits per heavy atom. The zero-order chi connectivity index (χ0) is 27.0. The number of aromatic nitrogens is 3. The van der Waals surface area contributed by atoms with E-state index in [1.807, 2.05) is 13.8 Å². The number of ether oxygens (including phenoxy) is 3. The number of nitrogens with zero attached hydrogens (tertiary/aromatic N) is 3. The lowest BCUT2D eigenvalue weighted by molar-refractivity contribution is -0.0573. The average Bonchev–Trinajstić information content (AvgIpc) is 3.40. The molecule has 12 heteroatoms. The molecule has 0 aliphatic carbocycles. The molecule has 2 aromatic heterocycles. The Bertz CT molecular complexity index is 1550.